The topological polar surface area (TPSA) is 89.7 Å². The van der Waals surface area contributed by atoms with Crippen molar-refractivity contribution in [2.75, 3.05) is 11.9 Å². The fraction of sp³-hybridized carbons (Fsp3) is 0.385. The number of hydrogen-bond acceptors (Lipinski definition) is 6. The normalized spacial score (nSPS) is 15.1. The molecule has 2 aliphatic rings. The maximum Gasteiger partial charge on any atom is 0.278 e. The summed E-state index contributed by atoms with van der Waals surface area (Å²) < 4.78 is 3.69. The average molecular weight is 528 g/mol. The van der Waals surface area contributed by atoms with Crippen LogP contribution in [0.25, 0.3) is 16.9 Å². The van der Waals surface area contributed by atoms with Gasteiger partial charge in [0, 0.05) is 29.5 Å². The molecule has 4 heterocycles. The van der Waals surface area contributed by atoms with Gasteiger partial charge in [-0.1, -0.05) is 32.9 Å². The van der Waals surface area contributed by atoms with Crippen LogP contribution in [0.4, 0.5) is 11.6 Å². The zero-order valence-electron chi connectivity index (χ0n) is 20.6. The Bertz CT molecular complexity index is 1470. The van der Waals surface area contributed by atoms with E-state index in [4.69, 9.17) is 9.97 Å². The molecule has 36 heavy (non-hydrogen) atoms. The van der Waals surface area contributed by atoms with Gasteiger partial charge in [0.1, 0.15) is 5.39 Å². The van der Waals surface area contributed by atoms with Gasteiger partial charge in [0.15, 0.2) is 11.5 Å². The minimum Gasteiger partial charge on any atom is -0.324 e. The summed E-state index contributed by atoms with van der Waals surface area (Å²) in [5.74, 6) is 1.17. The highest BCUT2D eigenvalue weighted by atomic mass is 35.5. The summed E-state index contributed by atoms with van der Waals surface area (Å²) in [4.78, 5) is 27.5. The van der Waals surface area contributed by atoms with Crippen LogP contribution >= 0.6 is 24.8 Å². The molecule has 0 saturated heterocycles. The molecule has 8 nitrogen and oxygen atoms in total. The first kappa shape index (κ1) is 26.1. The van der Waals surface area contributed by atoms with Gasteiger partial charge in [-0.05, 0) is 61.2 Å². The summed E-state index contributed by atoms with van der Waals surface area (Å²) in [6.45, 7) is 8.30. The summed E-state index contributed by atoms with van der Waals surface area (Å²) in [6.07, 6.45) is 4.61. The van der Waals surface area contributed by atoms with Crippen LogP contribution in [-0.2, 0) is 18.4 Å². The third-order valence-electron chi connectivity index (χ3n) is 6.58. The van der Waals surface area contributed by atoms with Crippen molar-refractivity contribution in [3.8, 4) is 5.82 Å². The predicted octanol–water partition coefficient (Wildman–Crippen LogP) is 4.84. The lowest BCUT2D eigenvalue weighted by molar-refractivity contribution is 0.537. The van der Waals surface area contributed by atoms with Crippen molar-refractivity contribution in [3.63, 3.8) is 0 Å². The van der Waals surface area contributed by atoms with Crippen molar-refractivity contribution < 1.29 is 0 Å². The largest absolute Gasteiger partial charge is 0.324 e. The summed E-state index contributed by atoms with van der Waals surface area (Å²) in [7, 11) is 0. The monoisotopic (exact) mass is 527 g/mol. The second-order valence-electron chi connectivity index (χ2n) is 10.3. The van der Waals surface area contributed by atoms with Crippen molar-refractivity contribution in [1.82, 2.24) is 29.6 Å². The number of anilines is 2. The van der Waals surface area contributed by atoms with E-state index in [0.29, 0.717) is 22.8 Å². The van der Waals surface area contributed by atoms with E-state index in [1.807, 2.05) is 27.6 Å². The van der Waals surface area contributed by atoms with Crippen LogP contribution in [-0.4, -0.2) is 30.9 Å². The molecule has 1 aliphatic heterocycles. The maximum atomic E-state index is 13.3. The standard InChI is InChI=1S/C26H29N7O.2ClH/c1-26(2,3)21-5-4-6-22(30-21)33-23-20(24(34)32(33)19-9-10-19)15-28-25(31-23)29-18-8-7-17-14-27-12-11-16(17)13-18;;/h4-8,13,15,19,27H,9-12,14H2,1-3H3,(H,28,29,31);2*1H. The Labute approximate surface area is 222 Å². The Kier molecular flexibility index (Phi) is 7.14. The van der Waals surface area contributed by atoms with Crippen LogP contribution in [0.2, 0.25) is 0 Å². The van der Waals surface area contributed by atoms with Gasteiger partial charge in [0.05, 0.1) is 6.04 Å². The third-order valence-corrected chi connectivity index (χ3v) is 6.58. The third kappa shape index (κ3) is 4.73. The molecule has 0 atom stereocenters. The Balaban J connectivity index is 0.00000152. The lowest BCUT2D eigenvalue weighted by Gasteiger charge is -2.19. The molecule has 10 heteroatoms. The first-order chi connectivity index (χ1) is 16.4. The lowest BCUT2D eigenvalue weighted by Crippen LogP contribution is -2.23. The Morgan fingerprint density at radius 2 is 1.86 bits per heavy atom. The van der Waals surface area contributed by atoms with Crippen LogP contribution in [0.15, 0.2) is 47.4 Å². The highest BCUT2D eigenvalue weighted by Crippen LogP contribution is 2.35. The van der Waals surface area contributed by atoms with Gasteiger partial charge in [0.25, 0.3) is 5.56 Å². The van der Waals surface area contributed by atoms with Gasteiger partial charge in [-0.2, -0.15) is 4.98 Å². The fourth-order valence-corrected chi connectivity index (χ4v) is 4.57. The zero-order valence-corrected chi connectivity index (χ0v) is 22.2. The Hall–Kier alpha value is -2.94. The average Bonchev–Trinajstić information content (AvgIpc) is 3.62. The van der Waals surface area contributed by atoms with E-state index in [1.165, 1.54) is 11.1 Å². The highest BCUT2D eigenvalue weighted by Gasteiger charge is 2.31. The summed E-state index contributed by atoms with van der Waals surface area (Å²) in [5.41, 5.74) is 5.00. The van der Waals surface area contributed by atoms with Crippen molar-refractivity contribution in [3.05, 3.63) is 69.8 Å². The molecule has 6 rings (SSSR count). The van der Waals surface area contributed by atoms with Crippen LogP contribution < -0.4 is 16.2 Å². The number of fused-ring (bicyclic) bond motifs is 2. The number of rotatable bonds is 4. The summed E-state index contributed by atoms with van der Waals surface area (Å²) >= 11 is 0. The van der Waals surface area contributed by atoms with E-state index in [2.05, 4.69) is 54.6 Å². The van der Waals surface area contributed by atoms with E-state index in [9.17, 15) is 4.79 Å². The van der Waals surface area contributed by atoms with Crippen molar-refractivity contribution in [1.29, 1.82) is 0 Å². The van der Waals surface area contributed by atoms with E-state index in [1.54, 1.807) is 6.20 Å². The molecular weight excluding hydrogens is 497 g/mol. The minimum absolute atomic E-state index is 0. The molecule has 0 unspecified atom stereocenters. The van der Waals surface area contributed by atoms with Gasteiger partial charge >= 0.3 is 0 Å². The molecule has 1 fully saturated rings. The van der Waals surface area contributed by atoms with Gasteiger partial charge in [0.2, 0.25) is 5.95 Å². The van der Waals surface area contributed by atoms with Crippen molar-refractivity contribution in [2.45, 2.75) is 58.0 Å². The summed E-state index contributed by atoms with van der Waals surface area (Å²) in [6, 6.07) is 12.5. The molecule has 190 valence electrons. The predicted molar refractivity (Wildman–Crippen MR) is 148 cm³/mol. The number of aromatic nitrogens is 5. The highest BCUT2D eigenvalue weighted by molar-refractivity contribution is 5.85. The van der Waals surface area contributed by atoms with Crippen molar-refractivity contribution in [2.24, 2.45) is 0 Å². The SMILES string of the molecule is CC(C)(C)c1cccc(-n2c3nc(Nc4ccc5c(c4)CCNC5)ncc3c(=O)n2C2CC2)n1.Cl.Cl. The first-order valence-electron chi connectivity index (χ1n) is 12.0. The summed E-state index contributed by atoms with van der Waals surface area (Å²) in [5, 5.41) is 7.26. The quantitative estimate of drug-likeness (QED) is 0.394. The number of hydrogen-bond donors (Lipinski definition) is 2. The van der Waals surface area contributed by atoms with E-state index in [0.717, 1.165) is 43.7 Å². The second-order valence-corrected chi connectivity index (χ2v) is 10.3. The fourth-order valence-electron chi connectivity index (χ4n) is 4.57. The van der Waals surface area contributed by atoms with Gasteiger partial charge < -0.3 is 10.6 Å². The smallest absolute Gasteiger partial charge is 0.278 e. The molecular formula is C26H31Cl2N7O. The molecule has 1 aliphatic carbocycles. The lowest BCUT2D eigenvalue weighted by atomic mass is 9.92. The maximum absolute atomic E-state index is 13.3. The number of nitrogens with zero attached hydrogens (tertiary/aromatic N) is 5. The number of nitrogens with one attached hydrogen (secondary N) is 2. The molecule has 0 amide bonds. The molecule has 1 aromatic carbocycles. The van der Waals surface area contributed by atoms with Crippen LogP contribution in [0.1, 0.15) is 56.5 Å². The minimum atomic E-state index is -0.104. The van der Waals surface area contributed by atoms with Gasteiger partial charge in [-0.3, -0.25) is 4.79 Å². The molecule has 0 bridgehead atoms. The van der Waals surface area contributed by atoms with Gasteiger partial charge in [-0.25, -0.2) is 19.3 Å². The van der Waals surface area contributed by atoms with E-state index >= 15 is 0 Å². The van der Waals surface area contributed by atoms with Crippen LogP contribution in [0.5, 0.6) is 0 Å². The van der Waals surface area contributed by atoms with Crippen LogP contribution in [0, 0.1) is 0 Å². The molecule has 0 spiro atoms. The molecule has 0 radical (unpaired) electrons. The first-order valence-corrected chi connectivity index (χ1v) is 12.0. The number of halogens is 2. The Morgan fingerprint density at radius 1 is 1.06 bits per heavy atom. The zero-order chi connectivity index (χ0) is 23.4. The number of pyridine rings is 1. The molecule has 3 aromatic heterocycles. The molecule has 2 N–H and O–H groups in total. The van der Waals surface area contributed by atoms with E-state index < -0.39 is 0 Å². The van der Waals surface area contributed by atoms with Crippen molar-refractivity contribution >= 4 is 47.5 Å². The molecule has 1 saturated carbocycles. The molecule has 4 aromatic rings. The van der Waals surface area contributed by atoms with Crippen LogP contribution in [0.3, 0.4) is 0 Å². The second kappa shape index (κ2) is 9.84. The van der Waals surface area contributed by atoms with E-state index in [-0.39, 0.29) is 41.8 Å². The number of benzene rings is 1. The van der Waals surface area contributed by atoms with Gasteiger partial charge in [-0.15, -0.1) is 24.8 Å². The Morgan fingerprint density at radius 3 is 2.61 bits per heavy atom.